The van der Waals surface area contributed by atoms with Crippen molar-refractivity contribution in [2.45, 2.75) is 27.2 Å². The van der Waals surface area contributed by atoms with Crippen molar-refractivity contribution < 1.29 is 0 Å². The molecule has 0 spiro atoms. The summed E-state index contributed by atoms with van der Waals surface area (Å²) >= 11 is 0. The summed E-state index contributed by atoms with van der Waals surface area (Å²) in [6.45, 7) is 7.23. The van der Waals surface area contributed by atoms with Gasteiger partial charge in [0.25, 0.3) is 0 Å². The van der Waals surface area contributed by atoms with E-state index >= 15 is 0 Å². The van der Waals surface area contributed by atoms with Crippen molar-refractivity contribution >= 4 is 5.82 Å². The Morgan fingerprint density at radius 1 is 1.50 bits per heavy atom. The van der Waals surface area contributed by atoms with Gasteiger partial charge in [-0.3, -0.25) is 4.68 Å². The smallest absolute Gasteiger partial charge is 0.144 e. The molecule has 0 saturated heterocycles. The summed E-state index contributed by atoms with van der Waals surface area (Å²) in [7, 11) is 3.90. The molecule has 0 aliphatic heterocycles. The van der Waals surface area contributed by atoms with Crippen LogP contribution in [0.2, 0.25) is 0 Å². The molecule has 0 atom stereocenters. The van der Waals surface area contributed by atoms with Crippen molar-refractivity contribution in [3.8, 4) is 6.07 Å². The first-order chi connectivity index (χ1) is 7.47. The highest BCUT2D eigenvalue weighted by atomic mass is 15.4. The minimum atomic E-state index is 0.669. The lowest BCUT2D eigenvalue weighted by molar-refractivity contribution is 0.578. The van der Waals surface area contributed by atoms with Crippen LogP contribution in [0.4, 0.5) is 5.82 Å². The number of aromatic nitrogens is 2. The number of aryl methyl sites for hydroxylation is 2. The van der Waals surface area contributed by atoms with Crippen LogP contribution in [-0.2, 0) is 7.05 Å². The second-order valence-electron chi connectivity index (χ2n) is 4.62. The summed E-state index contributed by atoms with van der Waals surface area (Å²) in [5.74, 6) is 1.59. The molecule has 0 saturated carbocycles. The topological polar surface area (TPSA) is 44.9 Å². The molecule has 1 aromatic heterocycles. The summed E-state index contributed by atoms with van der Waals surface area (Å²) in [5, 5.41) is 13.4. The van der Waals surface area contributed by atoms with Crippen LogP contribution in [0.1, 0.15) is 31.5 Å². The second kappa shape index (κ2) is 5.02. The van der Waals surface area contributed by atoms with E-state index in [-0.39, 0.29) is 0 Å². The molecule has 0 amide bonds. The number of hydrogen-bond donors (Lipinski definition) is 0. The van der Waals surface area contributed by atoms with Gasteiger partial charge in [0, 0.05) is 20.6 Å². The second-order valence-corrected chi connectivity index (χ2v) is 4.62. The Hall–Kier alpha value is -1.50. The molecule has 0 bridgehead atoms. The minimum absolute atomic E-state index is 0.669. The molecule has 88 valence electrons. The summed E-state index contributed by atoms with van der Waals surface area (Å²) in [4.78, 5) is 2.11. The molecule has 0 aliphatic rings. The van der Waals surface area contributed by atoms with Gasteiger partial charge in [0.15, 0.2) is 0 Å². The first-order valence-electron chi connectivity index (χ1n) is 5.62. The van der Waals surface area contributed by atoms with E-state index in [1.165, 1.54) is 0 Å². The average Bonchev–Trinajstić information content (AvgIpc) is 2.49. The molecule has 1 rings (SSSR count). The van der Waals surface area contributed by atoms with Crippen LogP contribution in [0.15, 0.2) is 0 Å². The summed E-state index contributed by atoms with van der Waals surface area (Å²) in [6, 6.07) is 2.23. The zero-order valence-electron chi connectivity index (χ0n) is 10.8. The molecule has 0 N–H and O–H groups in total. The highest BCUT2D eigenvalue weighted by Gasteiger charge is 2.16. The van der Waals surface area contributed by atoms with Gasteiger partial charge in [0.05, 0.1) is 5.69 Å². The third kappa shape index (κ3) is 2.54. The SMILES string of the molecule is Cc1nn(C)c(N(C)CCC(C)C)c1C#N. The van der Waals surface area contributed by atoms with E-state index in [0.717, 1.165) is 24.5 Å². The Morgan fingerprint density at radius 2 is 2.12 bits per heavy atom. The number of nitrogens with zero attached hydrogens (tertiary/aromatic N) is 4. The molecule has 0 aromatic carbocycles. The van der Waals surface area contributed by atoms with E-state index in [0.29, 0.717) is 11.5 Å². The molecule has 0 unspecified atom stereocenters. The third-order valence-corrected chi connectivity index (χ3v) is 2.71. The fourth-order valence-corrected chi connectivity index (χ4v) is 1.77. The number of anilines is 1. The van der Waals surface area contributed by atoms with Gasteiger partial charge < -0.3 is 4.90 Å². The van der Waals surface area contributed by atoms with Crippen molar-refractivity contribution in [2.75, 3.05) is 18.5 Å². The van der Waals surface area contributed by atoms with Gasteiger partial charge in [0.2, 0.25) is 0 Å². The monoisotopic (exact) mass is 220 g/mol. The van der Waals surface area contributed by atoms with Crippen LogP contribution >= 0.6 is 0 Å². The molecule has 4 heteroatoms. The van der Waals surface area contributed by atoms with Crippen LogP contribution in [-0.4, -0.2) is 23.4 Å². The fraction of sp³-hybridized carbons (Fsp3) is 0.667. The molecular weight excluding hydrogens is 200 g/mol. The van der Waals surface area contributed by atoms with Gasteiger partial charge in [0.1, 0.15) is 17.5 Å². The lowest BCUT2D eigenvalue weighted by Gasteiger charge is -2.20. The normalized spacial score (nSPS) is 10.6. The van der Waals surface area contributed by atoms with Gasteiger partial charge in [-0.25, -0.2) is 0 Å². The highest BCUT2D eigenvalue weighted by molar-refractivity contribution is 5.56. The molecule has 1 heterocycles. The maximum absolute atomic E-state index is 9.11. The number of nitriles is 1. The molecule has 0 fully saturated rings. The fourth-order valence-electron chi connectivity index (χ4n) is 1.77. The Kier molecular flexibility index (Phi) is 3.94. The van der Waals surface area contributed by atoms with E-state index in [1.807, 2.05) is 21.0 Å². The molecular formula is C12H20N4. The van der Waals surface area contributed by atoms with Gasteiger partial charge in [-0.2, -0.15) is 10.4 Å². The average molecular weight is 220 g/mol. The lowest BCUT2D eigenvalue weighted by Crippen LogP contribution is -2.23. The van der Waals surface area contributed by atoms with Gasteiger partial charge in [-0.1, -0.05) is 13.8 Å². The molecule has 16 heavy (non-hydrogen) atoms. The van der Waals surface area contributed by atoms with E-state index in [2.05, 4.69) is 29.9 Å². The maximum Gasteiger partial charge on any atom is 0.144 e. The minimum Gasteiger partial charge on any atom is -0.359 e. The van der Waals surface area contributed by atoms with Crippen LogP contribution in [0.3, 0.4) is 0 Å². The van der Waals surface area contributed by atoms with Crippen molar-refractivity contribution in [3.05, 3.63) is 11.3 Å². The van der Waals surface area contributed by atoms with E-state index in [1.54, 1.807) is 4.68 Å². The van der Waals surface area contributed by atoms with Crippen LogP contribution in [0.25, 0.3) is 0 Å². The summed E-state index contributed by atoms with van der Waals surface area (Å²) in [5.41, 5.74) is 1.49. The molecule has 1 aromatic rings. The Labute approximate surface area is 97.5 Å². The Balaban J connectivity index is 2.91. The zero-order valence-corrected chi connectivity index (χ0v) is 10.8. The van der Waals surface area contributed by atoms with E-state index in [9.17, 15) is 0 Å². The largest absolute Gasteiger partial charge is 0.359 e. The number of rotatable bonds is 4. The lowest BCUT2D eigenvalue weighted by atomic mass is 10.1. The van der Waals surface area contributed by atoms with Crippen molar-refractivity contribution in [1.82, 2.24) is 9.78 Å². The predicted octanol–water partition coefficient (Wildman–Crippen LogP) is 2.08. The van der Waals surface area contributed by atoms with E-state index < -0.39 is 0 Å². The van der Waals surface area contributed by atoms with Crippen LogP contribution in [0.5, 0.6) is 0 Å². The van der Waals surface area contributed by atoms with Crippen molar-refractivity contribution in [3.63, 3.8) is 0 Å². The first-order valence-corrected chi connectivity index (χ1v) is 5.62. The molecule has 0 aliphatic carbocycles. The molecule has 4 nitrogen and oxygen atoms in total. The van der Waals surface area contributed by atoms with Crippen molar-refractivity contribution in [1.29, 1.82) is 5.26 Å². The third-order valence-electron chi connectivity index (χ3n) is 2.71. The van der Waals surface area contributed by atoms with Gasteiger partial charge in [-0.05, 0) is 19.3 Å². The standard InChI is InChI=1S/C12H20N4/c1-9(2)6-7-15(4)12-11(8-13)10(3)14-16(12)5/h9H,6-7H2,1-5H3. The summed E-state index contributed by atoms with van der Waals surface area (Å²) in [6.07, 6.45) is 1.12. The molecule has 0 radical (unpaired) electrons. The number of hydrogen-bond acceptors (Lipinski definition) is 3. The van der Waals surface area contributed by atoms with Crippen LogP contribution < -0.4 is 4.90 Å². The van der Waals surface area contributed by atoms with Gasteiger partial charge in [-0.15, -0.1) is 0 Å². The first kappa shape index (κ1) is 12.6. The summed E-state index contributed by atoms with van der Waals surface area (Å²) < 4.78 is 1.79. The maximum atomic E-state index is 9.11. The van der Waals surface area contributed by atoms with E-state index in [4.69, 9.17) is 5.26 Å². The van der Waals surface area contributed by atoms with Gasteiger partial charge >= 0.3 is 0 Å². The van der Waals surface area contributed by atoms with Crippen LogP contribution in [0, 0.1) is 24.2 Å². The quantitative estimate of drug-likeness (QED) is 0.780. The Morgan fingerprint density at radius 3 is 2.62 bits per heavy atom. The van der Waals surface area contributed by atoms with Crippen molar-refractivity contribution in [2.24, 2.45) is 13.0 Å². The zero-order chi connectivity index (χ0) is 12.3. The predicted molar refractivity (Wildman–Crippen MR) is 65.4 cm³/mol. The Bertz CT molecular complexity index is 398. The highest BCUT2D eigenvalue weighted by Crippen LogP contribution is 2.21.